The third-order valence-corrected chi connectivity index (χ3v) is 2.72. The molecular formula is C15H23NO4. The number of hydrogen-bond acceptors (Lipinski definition) is 4. The molecule has 112 valence electrons. The maximum Gasteiger partial charge on any atom is 0.257 e. The third kappa shape index (κ3) is 6.54. The summed E-state index contributed by atoms with van der Waals surface area (Å²) in [6, 6.07) is 5.83. The fourth-order valence-electron chi connectivity index (χ4n) is 1.87. The second-order valence-electron chi connectivity index (χ2n) is 4.86. The number of ether oxygens (including phenoxy) is 2. The zero-order valence-corrected chi connectivity index (χ0v) is 12.3. The van der Waals surface area contributed by atoms with Crippen LogP contribution in [-0.2, 0) is 9.53 Å². The summed E-state index contributed by atoms with van der Waals surface area (Å²) in [4.78, 5) is 11.6. The number of carbonyl (C=O) groups is 1. The lowest BCUT2D eigenvalue weighted by molar-refractivity contribution is -0.123. The van der Waals surface area contributed by atoms with E-state index in [1.165, 1.54) is 7.11 Å². The van der Waals surface area contributed by atoms with Crippen LogP contribution in [0.1, 0.15) is 17.5 Å². The highest BCUT2D eigenvalue weighted by atomic mass is 16.5. The minimum Gasteiger partial charge on any atom is -0.484 e. The molecule has 1 aromatic carbocycles. The monoisotopic (exact) mass is 281 g/mol. The third-order valence-electron chi connectivity index (χ3n) is 2.72. The fourth-order valence-corrected chi connectivity index (χ4v) is 1.87. The highest BCUT2D eigenvalue weighted by Crippen LogP contribution is 2.15. The average Bonchev–Trinajstić information content (AvgIpc) is 2.35. The molecule has 20 heavy (non-hydrogen) atoms. The molecule has 0 aliphatic rings. The number of nitrogens with one attached hydrogen (secondary N) is 1. The number of aliphatic hydroxyl groups excluding tert-OH is 1. The van der Waals surface area contributed by atoms with Gasteiger partial charge in [0, 0.05) is 13.7 Å². The maximum atomic E-state index is 11.6. The molecule has 5 heteroatoms. The van der Waals surface area contributed by atoms with Gasteiger partial charge in [-0.3, -0.25) is 4.79 Å². The van der Waals surface area contributed by atoms with E-state index in [4.69, 9.17) is 9.47 Å². The van der Waals surface area contributed by atoms with Crippen molar-refractivity contribution < 1.29 is 19.4 Å². The van der Waals surface area contributed by atoms with E-state index in [0.29, 0.717) is 18.7 Å². The van der Waals surface area contributed by atoms with Crippen LogP contribution in [0.5, 0.6) is 5.75 Å². The average molecular weight is 281 g/mol. The van der Waals surface area contributed by atoms with Crippen LogP contribution in [0.3, 0.4) is 0 Å². The van der Waals surface area contributed by atoms with Crippen LogP contribution in [0.25, 0.3) is 0 Å². The van der Waals surface area contributed by atoms with Gasteiger partial charge >= 0.3 is 0 Å². The van der Waals surface area contributed by atoms with Gasteiger partial charge in [0.2, 0.25) is 0 Å². The molecule has 1 unspecified atom stereocenters. The molecule has 5 nitrogen and oxygen atoms in total. The van der Waals surface area contributed by atoms with Gasteiger partial charge in [-0.05, 0) is 43.5 Å². The van der Waals surface area contributed by atoms with E-state index in [0.717, 1.165) is 11.1 Å². The molecule has 0 fully saturated rings. The van der Waals surface area contributed by atoms with Crippen LogP contribution in [0.2, 0.25) is 0 Å². The van der Waals surface area contributed by atoms with Crippen molar-refractivity contribution in [3.8, 4) is 5.75 Å². The van der Waals surface area contributed by atoms with Crippen molar-refractivity contribution >= 4 is 5.91 Å². The van der Waals surface area contributed by atoms with E-state index < -0.39 is 6.10 Å². The van der Waals surface area contributed by atoms with E-state index >= 15 is 0 Å². The predicted molar refractivity (Wildman–Crippen MR) is 76.9 cm³/mol. The molecule has 0 aliphatic carbocycles. The summed E-state index contributed by atoms with van der Waals surface area (Å²) in [5, 5.41) is 12.1. The molecule has 0 heterocycles. The number of methoxy groups -OCH3 is 1. The number of aliphatic hydroxyl groups is 1. The molecular weight excluding hydrogens is 258 g/mol. The number of amides is 1. The van der Waals surface area contributed by atoms with Gasteiger partial charge < -0.3 is 19.9 Å². The van der Waals surface area contributed by atoms with Crippen molar-refractivity contribution in [2.75, 3.05) is 26.9 Å². The van der Waals surface area contributed by atoms with Crippen LogP contribution >= 0.6 is 0 Å². The Kier molecular flexibility index (Phi) is 7.04. The number of hydrogen-bond donors (Lipinski definition) is 2. The van der Waals surface area contributed by atoms with Crippen molar-refractivity contribution in [3.05, 3.63) is 29.3 Å². The Balaban J connectivity index is 2.26. The number of aryl methyl sites for hydroxylation is 2. The summed E-state index contributed by atoms with van der Waals surface area (Å²) >= 11 is 0. The molecule has 2 N–H and O–H groups in total. The lowest BCUT2D eigenvalue weighted by Gasteiger charge is -2.11. The van der Waals surface area contributed by atoms with Crippen molar-refractivity contribution in [1.82, 2.24) is 5.32 Å². The smallest absolute Gasteiger partial charge is 0.257 e. The van der Waals surface area contributed by atoms with Crippen LogP contribution in [0.15, 0.2) is 18.2 Å². The van der Waals surface area contributed by atoms with E-state index in [1.807, 2.05) is 32.0 Å². The summed E-state index contributed by atoms with van der Waals surface area (Å²) in [5.41, 5.74) is 2.20. The minimum absolute atomic E-state index is 0.0245. The summed E-state index contributed by atoms with van der Waals surface area (Å²) in [6.07, 6.45) is -0.0935. The Morgan fingerprint density at radius 2 is 1.95 bits per heavy atom. The molecule has 0 spiro atoms. The van der Waals surface area contributed by atoms with E-state index in [2.05, 4.69) is 5.32 Å². The lowest BCUT2D eigenvalue weighted by Crippen LogP contribution is -2.32. The Labute approximate surface area is 119 Å². The summed E-state index contributed by atoms with van der Waals surface area (Å²) in [7, 11) is 1.53. The first-order valence-corrected chi connectivity index (χ1v) is 6.66. The second-order valence-corrected chi connectivity index (χ2v) is 4.86. The first-order valence-electron chi connectivity index (χ1n) is 6.66. The molecule has 1 rings (SSSR count). The quantitative estimate of drug-likeness (QED) is 0.751. The van der Waals surface area contributed by atoms with E-state index in [9.17, 15) is 9.90 Å². The summed E-state index contributed by atoms with van der Waals surface area (Å²) in [5.74, 6) is 0.492. The number of rotatable bonds is 8. The topological polar surface area (TPSA) is 67.8 Å². The summed E-state index contributed by atoms with van der Waals surface area (Å²) < 4.78 is 10.2. The molecule has 0 aromatic heterocycles. The highest BCUT2D eigenvalue weighted by Gasteiger charge is 2.06. The Hall–Kier alpha value is -1.59. The van der Waals surface area contributed by atoms with E-state index in [-0.39, 0.29) is 19.1 Å². The Morgan fingerprint density at radius 1 is 1.30 bits per heavy atom. The molecule has 0 saturated carbocycles. The lowest BCUT2D eigenvalue weighted by atomic mass is 10.1. The standard InChI is InChI=1S/C15H23NO4/c1-11-6-12(2)8-14(7-11)20-10-15(18)16-5-4-13(17)9-19-3/h6-8,13,17H,4-5,9-10H2,1-3H3,(H,16,18). The van der Waals surface area contributed by atoms with Crippen LogP contribution in [0, 0.1) is 13.8 Å². The normalized spacial score (nSPS) is 12.0. The van der Waals surface area contributed by atoms with Crippen LogP contribution in [-0.4, -0.2) is 44.0 Å². The van der Waals surface area contributed by atoms with Gasteiger partial charge in [-0.15, -0.1) is 0 Å². The van der Waals surface area contributed by atoms with Gasteiger partial charge in [-0.1, -0.05) is 6.07 Å². The molecule has 0 radical (unpaired) electrons. The Morgan fingerprint density at radius 3 is 2.55 bits per heavy atom. The van der Waals surface area contributed by atoms with Gasteiger partial charge in [0.05, 0.1) is 12.7 Å². The van der Waals surface area contributed by atoms with Gasteiger partial charge in [0.25, 0.3) is 5.91 Å². The van der Waals surface area contributed by atoms with Crippen molar-refractivity contribution in [1.29, 1.82) is 0 Å². The molecule has 0 saturated heterocycles. The summed E-state index contributed by atoms with van der Waals surface area (Å²) in [6.45, 7) is 4.62. The van der Waals surface area contributed by atoms with Gasteiger partial charge in [-0.25, -0.2) is 0 Å². The molecule has 0 aliphatic heterocycles. The highest BCUT2D eigenvalue weighted by molar-refractivity contribution is 5.77. The number of carbonyl (C=O) groups excluding carboxylic acids is 1. The maximum absolute atomic E-state index is 11.6. The minimum atomic E-state index is -0.555. The first kappa shape index (κ1) is 16.5. The van der Waals surface area contributed by atoms with Gasteiger partial charge in [-0.2, -0.15) is 0 Å². The van der Waals surface area contributed by atoms with Gasteiger partial charge in [0.1, 0.15) is 5.75 Å². The zero-order valence-electron chi connectivity index (χ0n) is 12.3. The van der Waals surface area contributed by atoms with Crippen molar-refractivity contribution in [3.63, 3.8) is 0 Å². The number of benzene rings is 1. The van der Waals surface area contributed by atoms with Crippen LogP contribution < -0.4 is 10.1 Å². The molecule has 1 aromatic rings. The zero-order chi connectivity index (χ0) is 15.0. The predicted octanol–water partition coefficient (Wildman–Crippen LogP) is 1.20. The SMILES string of the molecule is COCC(O)CCNC(=O)COc1cc(C)cc(C)c1. The second kappa shape index (κ2) is 8.55. The fraction of sp³-hybridized carbons (Fsp3) is 0.533. The van der Waals surface area contributed by atoms with Gasteiger partial charge in [0.15, 0.2) is 6.61 Å². The largest absolute Gasteiger partial charge is 0.484 e. The Bertz CT molecular complexity index is 414. The molecule has 1 amide bonds. The van der Waals surface area contributed by atoms with Crippen molar-refractivity contribution in [2.45, 2.75) is 26.4 Å². The van der Waals surface area contributed by atoms with E-state index in [1.54, 1.807) is 0 Å². The van der Waals surface area contributed by atoms with Crippen LogP contribution in [0.4, 0.5) is 0 Å². The molecule has 0 bridgehead atoms. The first-order chi connectivity index (χ1) is 9.51. The molecule has 1 atom stereocenters. The van der Waals surface area contributed by atoms with Crippen molar-refractivity contribution in [2.24, 2.45) is 0 Å².